The van der Waals surface area contributed by atoms with Crippen molar-refractivity contribution >= 4 is 5.97 Å². The van der Waals surface area contributed by atoms with Gasteiger partial charge in [0, 0.05) is 27.3 Å². The molecule has 0 aromatic rings. The van der Waals surface area contributed by atoms with Gasteiger partial charge in [-0.3, -0.25) is 0 Å². The first-order valence-corrected chi connectivity index (χ1v) is 3.69. The minimum absolute atomic E-state index is 0.289. The standard InChI is InChI=1S/C7H13NO4/c1-11-5-3-8-4-7(5,12-2)6(9)10/h5,8H,3-4H2,1-2H3,(H,9,10)/t5-,7+/m0/s1. The largest absolute Gasteiger partial charge is 0.479 e. The molecule has 70 valence electrons. The van der Waals surface area contributed by atoms with Crippen LogP contribution in [0.2, 0.25) is 0 Å². The molecule has 5 heteroatoms. The van der Waals surface area contributed by atoms with Gasteiger partial charge < -0.3 is 19.9 Å². The third-order valence-electron chi connectivity index (χ3n) is 2.25. The number of carboxylic acid groups (broad SMARTS) is 1. The van der Waals surface area contributed by atoms with Gasteiger partial charge in [0.15, 0.2) is 0 Å². The average Bonchev–Trinajstić information content (AvgIpc) is 2.47. The summed E-state index contributed by atoms with van der Waals surface area (Å²) in [6.07, 6.45) is -0.417. The molecule has 0 spiro atoms. The van der Waals surface area contributed by atoms with Gasteiger partial charge in [0.05, 0.1) is 0 Å². The highest BCUT2D eigenvalue weighted by molar-refractivity contribution is 5.79. The number of hydrogen-bond acceptors (Lipinski definition) is 4. The molecule has 1 heterocycles. The lowest BCUT2D eigenvalue weighted by Gasteiger charge is -2.27. The molecule has 0 radical (unpaired) electrons. The van der Waals surface area contributed by atoms with E-state index < -0.39 is 17.7 Å². The van der Waals surface area contributed by atoms with Crippen molar-refractivity contribution in [2.45, 2.75) is 11.7 Å². The van der Waals surface area contributed by atoms with E-state index in [-0.39, 0.29) is 6.54 Å². The molecule has 0 bridgehead atoms. The number of rotatable bonds is 3. The first-order valence-electron chi connectivity index (χ1n) is 3.69. The number of carbonyl (C=O) groups is 1. The maximum Gasteiger partial charge on any atom is 0.340 e. The van der Waals surface area contributed by atoms with E-state index >= 15 is 0 Å². The predicted molar refractivity (Wildman–Crippen MR) is 41.0 cm³/mol. The second-order valence-corrected chi connectivity index (χ2v) is 2.75. The molecule has 2 atom stereocenters. The summed E-state index contributed by atoms with van der Waals surface area (Å²) in [4.78, 5) is 10.9. The summed E-state index contributed by atoms with van der Waals surface area (Å²) in [6.45, 7) is 0.800. The van der Waals surface area contributed by atoms with E-state index in [1.54, 1.807) is 0 Å². The zero-order valence-electron chi connectivity index (χ0n) is 7.16. The van der Waals surface area contributed by atoms with Crippen LogP contribution in [0.15, 0.2) is 0 Å². The molecule has 1 rings (SSSR count). The van der Waals surface area contributed by atoms with Crippen molar-refractivity contribution in [2.24, 2.45) is 0 Å². The fraction of sp³-hybridized carbons (Fsp3) is 0.857. The molecule has 0 amide bonds. The molecule has 0 saturated carbocycles. The molecule has 0 aromatic heterocycles. The highest BCUT2D eigenvalue weighted by atomic mass is 16.6. The molecular weight excluding hydrogens is 162 g/mol. The lowest BCUT2D eigenvalue weighted by atomic mass is 10.0. The minimum atomic E-state index is -1.21. The second-order valence-electron chi connectivity index (χ2n) is 2.75. The number of hydrogen-bond donors (Lipinski definition) is 2. The van der Waals surface area contributed by atoms with E-state index in [0.29, 0.717) is 6.54 Å². The molecule has 1 aliphatic heterocycles. The zero-order chi connectivity index (χ0) is 9.19. The molecule has 12 heavy (non-hydrogen) atoms. The van der Waals surface area contributed by atoms with Crippen LogP contribution >= 0.6 is 0 Å². The van der Waals surface area contributed by atoms with Gasteiger partial charge in [0.1, 0.15) is 6.10 Å². The normalized spacial score (nSPS) is 35.3. The van der Waals surface area contributed by atoms with Gasteiger partial charge in [-0.1, -0.05) is 0 Å². The van der Waals surface area contributed by atoms with E-state index in [0.717, 1.165) is 0 Å². The Balaban J connectivity index is 2.83. The van der Waals surface area contributed by atoms with Gasteiger partial charge in [0.2, 0.25) is 5.60 Å². The summed E-state index contributed by atoms with van der Waals surface area (Å²) in [6, 6.07) is 0. The van der Waals surface area contributed by atoms with Crippen LogP contribution in [0, 0.1) is 0 Å². The Kier molecular flexibility index (Phi) is 2.66. The van der Waals surface area contributed by atoms with Crippen molar-refractivity contribution in [3.05, 3.63) is 0 Å². The van der Waals surface area contributed by atoms with Crippen molar-refractivity contribution in [1.82, 2.24) is 5.32 Å². The Hall–Kier alpha value is -0.650. The molecule has 5 nitrogen and oxygen atoms in total. The molecule has 1 fully saturated rings. The first kappa shape index (κ1) is 9.44. The number of aliphatic carboxylic acids is 1. The fourth-order valence-electron chi connectivity index (χ4n) is 1.45. The van der Waals surface area contributed by atoms with Crippen molar-refractivity contribution < 1.29 is 19.4 Å². The number of nitrogens with one attached hydrogen (secondary N) is 1. The number of methoxy groups -OCH3 is 2. The molecule has 0 unspecified atom stereocenters. The predicted octanol–water partition coefficient (Wildman–Crippen LogP) is -0.926. The third-order valence-corrected chi connectivity index (χ3v) is 2.25. The Morgan fingerprint density at radius 3 is 2.67 bits per heavy atom. The summed E-state index contributed by atoms with van der Waals surface area (Å²) in [5.41, 5.74) is -1.21. The molecular formula is C7H13NO4. The van der Waals surface area contributed by atoms with Gasteiger partial charge >= 0.3 is 5.97 Å². The van der Waals surface area contributed by atoms with E-state index in [2.05, 4.69) is 5.32 Å². The average molecular weight is 175 g/mol. The summed E-state index contributed by atoms with van der Waals surface area (Å²) < 4.78 is 9.99. The topological polar surface area (TPSA) is 67.8 Å². The molecule has 1 saturated heterocycles. The SMILES string of the molecule is CO[C@H]1CNC[C@]1(OC)C(=O)O. The van der Waals surface area contributed by atoms with E-state index in [1.807, 2.05) is 0 Å². The highest BCUT2D eigenvalue weighted by Crippen LogP contribution is 2.22. The van der Waals surface area contributed by atoms with Crippen molar-refractivity contribution in [3.63, 3.8) is 0 Å². The quantitative estimate of drug-likeness (QED) is 0.580. The van der Waals surface area contributed by atoms with Crippen LogP contribution < -0.4 is 5.32 Å². The van der Waals surface area contributed by atoms with Crippen LogP contribution in [-0.4, -0.2) is 50.1 Å². The van der Waals surface area contributed by atoms with Gasteiger partial charge in [-0.05, 0) is 0 Å². The fourth-order valence-corrected chi connectivity index (χ4v) is 1.45. The van der Waals surface area contributed by atoms with Gasteiger partial charge in [-0.15, -0.1) is 0 Å². The van der Waals surface area contributed by atoms with Crippen LogP contribution in [0.1, 0.15) is 0 Å². The highest BCUT2D eigenvalue weighted by Gasteiger charge is 2.50. The van der Waals surface area contributed by atoms with Crippen LogP contribution in [0.5, 0.6) is 0 Å². The lowest BCUT2D eigenvalue weighted by molar-refractivity contribution is -0.172. The minimum Gasteiger partial charge on any atom is -0.479 e. The van der Waals surface area contributed by atoms with Gasteiger partial charge in [-0.25, -0.2) is 4.79 Å². The molecule has 0 aliphatic carbocycles. The van der Waals surface area contributed by atoms with Gasteiger partial charge in [-0.2, -0.15) is 0 Å². The van der Waals surface area contributed by atoms with Crippen LogP contribution in [-0.2, 0) is 14.3 Å². The van der Waals surface area contributed by atoms with E-state index in [1.165, 1.54) is 14.2 Å². The third kappa shape index (κ3) is 1.20. The second kappa shape index (κ2) is 3.38. The van der Waals surface area contributed by atoms with E-state index in [9.17, 15) is 4.79 Å². The Labute approximate surface area is 70.7 Å². The first-order chi connectivity index (χ1) is 5.67. The Morgan fingerprint density at radius 2 is 2.33 bits per heavy atom. The molecule has 2 N–H and O–H groups in total. The van der Waals surface area contributed by atoms with Crippen molar-refractivity contribution in [3.8, 4) is 0 Å². The van der Waals surface area contributed by atoms with Crippen molar-refractivity contribution in [1.29, 1.82) is 0 Å². The maximum absolute atomic E-state index is 10.9. The van der Waals surface area contributed by atoms with Crippen LogP contribution in [0.4, 0.5) is 0 Å². The van der Waals surface area contributed by atoms with Crippen LogP contribution in [0.3, 0.4) is 0 Å². The monoisotopic (exact) mass is 175 g/mol. The summed E-state index contributed by atoms with van der Waals surface area (Å²) in [7, 11) is 2.86. The summed E-state index contributed by atoms with van der Waals surface area (Å²) in [5, 5.41) is 11.8. The smallest absolute Gasteiger partial charge is 0.340 e. The van der Waals surface area contributed by atoms with Crippen molar-refractivity contribution in [2.75, 3.05) is 27.3 Å². The Morgan fingerprint density at radius 1 is 1.67 bits per heavy atom. The molecule has 0 aromatic carbocycles. The lowest BCUT2D eigenvalue weighted by Crippen LogP contribution is -2.51. The maximum atomic E-state index is 10.9. The van der Waals surface area contributed by atoms with Gasteiger partial charge in [0.25, 0.3) is 0 Å². The zero-order valence-corrected chi connectivity index (χ0v) is 7.16. The summed E-state index contributed by atoms with van der Waals surface area (Å²) >= 11 is 0. The molecule has 1 aliphatic rings. The van der Waals surface area contributed by atoms with E-state index in [4.69, 9.17) is 14.6 Å². The van der Waals surface area contributed by atoms with Crippen LogP contribution in [0.25, 0.3) is 0 Å². The number of ether oxygens (including phenoxy) is 2. The number of carboxylic acids is 1. The summed E-state index contributed by atoms with van der Waals surface area (Å²) in [5.74, 6) is -0.984. The Bertz CT molecular complexity index is 184.